The summed E-state index contributed by atoms with van der Waals surface area (Å²) in [5, 5.41) is 3.73. The highest BCUT2D eigenvalue weighted by atomic mass is 15.3. The van der Waals surface area contributed by atoms with E-state index in [1.165, 1.54) is 25.8 Å². The number of nitrogens with zero attached hydrogens (tertiary/aromatic N) is 1. The van der Waals surface area contributed by atoms with Gasteiger partial charge in [-0.2, -0.15) is 0 Å². The summed E-state index contributed by atoms with van der Waals surface area (Å²) in [5.74, 6) is 1.78. The molecule has 2 aliphatic rings. The average molecular weight is 238 g/mol. The number of piperazine rings is 1. The molecule has 0 radical (unpaired) electrons. The van der Waals surface area contributed by atoms with E-state index in [2.05, 4.69) is 44.8 Å². The van der Waals surface area contributed by atoms with Crippen LogP contribution in [0, 0.1) is 11.8 Å². The summed E-state index contributed by atoms with van der Waals surface area (Å²) in [4.78, 5) is 2.80. The SMILES string of the molecule is CCC1(C)CN(C2CCC(C)C2C)C(C)CN1. The zero-order valence-corrected chi connectivity index (χ0v) is 12.3. The minimum Gasteiger partial charge on any atom is -0.309 e. The van der Waals surface area contributed by atoms with Crippen LogP contribution in [0.4, 0.5) is 0 Å². The van der Waals surface area contributed by atoms with Gasteiger partial charge in [0.2, 0.25) is 0 Å². The summed E-state index contributed by atoms with van der Waals surface area (Å²) < 4.78 is 0. The number of hydrogen-bond donors (Lipinski definition) is 1. The van der Waals surface area contributed by atoms with Gasteiger partial charge in [0.1, 0.15) is 0 Å². The summed E-state index contributed by atoms with van der Waals surface area (Å²) in [5.41, 5.74) is 0.331. The Morgan fingerprint density at radius 2 is 1.94 bits per heavy atom. The first-order chi connectivity index (χ1) is 7.97. The third kappa shape index (κ3) is 2.53. The lowest BCUT2D eigenvalue weighted by molar-refractivity contribution is 0.0377. The van der Waals surface area contributed by atoms with Gasteiger partial charge in [-0.3, -0.25) is 4.90 Å². The zero-order chi connectivity index (χ0) is 12.6. The molecule has 0 aromatic carbocycles. The Morgan fingerprint density at radius 3 is 2.47 bits per heavy atom. The van der Waals surface area contributed by atoms with Crippen molar-refractivity contribution in [2.75, 3.05) is 13.1 Å². The second-order valence-corrected chi connectivity index (χ2v) is 6.80. The smallest absolute Gasteiger partial charge is 0.0278 e. The Morgan fingerprint density at radius 1 is 1.24 bits per heavy atom. The van der Waals surface area contributed by atoms with Crippen molar-refractivity contribution in [3.8, 4) is 0 Å². The molecule has 0 aromatic rings. The fourth-order valence-corrected chi connectivity index (χ4v) is 3.61. The van der Waals surface area contributed by atoms with Crippen LogP contribution < -0.4 is 5.32 Å². The molecule has 17 heavy (non-hydrogen) atoms. The van der Waals surface area contributed by atoms with Crippen LogP contribution in [0.2, 0.25) is 0 Å². The molecule has 2 heteroatoms. The summed E-state index contributed by atoms with van der Waals surface area (Å²) in [6.07, 6.45) is 4.06. The van der Waals surface area contributed by atoms with Crippen LogP contribution in [0.15, 0.2) is 0 Å². The lowest BCUT2D eigenvalue weighted by Crippen LogP contribution is -2.64. The fourth-order valence-electron chi connectivity index (χ4n) is 3.61. The lowest BCUT2D eigenvalue weighted by atomic mass is 9.89. The van der Waals surface area contributed by atoms with Crippen LogP contribution in [0.25, 0.3) is 0 Å². The van der Waals surface area contributed by atoms with Gasteiger partial charge in [-0.15, -0.1) is 0 Å². The van der Waals surface area contributed by atoms with Crippen molar-refractivity contribution in [2.24, 2.45) is 11.8 Å². The molecule has 0 bridgehead atoms. The van der Waals surface area contributed by atoms with Crippen LogP contribution >= 0.6 is 0 Å². The standard InChI is InChI=1S/C15H30N2/c1-6-15(5)10-17(12(3)9-16-15)14-8-7-11(2)13(14)4/h11-14,16H,6-10H2,1-5H3. The molecule has 0 aromatic heterocycles. The molecule has 0 amide bonds. The van der Waals surface area contributed by atoms with E-state index in [4.69, 9.17) is 0 Å². The Balaban J connectivity index is 2.08. The summed E-state index contributed by atoms with van der Waals surface area (Å²) in [7, 11) is 0. The molecule has 0 spiro atoms. The maximum absolute atomic E-state index is 3.73. The van der Waals surface area contributed by atoms with Gasteiger partial charge in [0.25, 0.3) is 0 Å². The van der Waals surface area contributed by atoms with E-state index >= 15 is 0 Å². The lowest BCUT2D eigenvalue weighted by Gasteiger charge is -2.48. The molecule has 5 unspecified atom stereocenters. The molecule has 2 rings (SSSR count). The molecular formula is C15H30N2. The molecular weight excluding hydrogens is 208 g/mol. The largest absolute Gasteiger partial charge is 0.309 e. The first kappa shape index (κ1) is 13.4. The molecule has 1 saturated heterocycles. The van der Waals surface area contributed by atoms with Crippen LogP contribution in [0.3, 0.4) is 0 Å². The van der Waals surface area contributed by atoms with Crippen LogP contribution in [-0.2, 0) is 0 Å². The van der Waals surface area contributed by atoms with Gasteiger partial charge in [-0.1, -0.05) is 20.8 Å². The zero-order valence-electron chi connectivity index (χ0n) is 12.3. The highest BCUT2D eigenvalue weighted by Crippen LogP contribution is 2.37. The average Bonchev–Trinajstić information content (AvgIpc) is 2.64. The molecule has 1 aliphatic heterocycles. The number of hydrogen-bond acceptors (Lipinski definition) is 2. The molecule has 1 aliphatic carbocycles. The fraction of sp³-hybridized carbons (Fsp3) is 1.00. The van der Waals surface area contributed by atoms with Gasteiger partial charge in [0.05, 0.1) is 0 Å². The highest BCUT2D eigenvalue weighted by Gasteiger charge is 2.41. The molecule has 100 valence electrons. The van der Waals surface area contributed by atoms with Crippen LogP contribution in [-0.4, -0.2) is 35.6 Å². The van der Waals surface area contributed by atoms with E-state index in [-0.39, 0.29) is 0 Å². The second-order valence-electron chi connectivity index (χ2n) is 6.80. The predicted molar refractivity (Wildman–Crippen MR) is 74.2 cm³/mol. The van der Waals surface area contributed by atoms with Crippen molar-refractivity contribution in [2.45, 2.75) is 71.5 Å². The van der Waals surface area contributed by atoms with Gasteiger partial charge >= 0.3 is 0 Å². The van der Waals surface area contributed by atoms with Crippen molar-refractivity contribution in [1.29, 1.82) is 0 Å². The van der Waals surface area contributed by atoms with E-state index < -0.39 is 0 Å². The summed E-state index contributed by atoms with van der Waals surface area (Å²) >= 11 is 0. The van der Waals surface area contributed by atoms with Crippen molar-refractivity contribution >= 4 is 0 Å². The Hall–Kier alpha value is -0.0800. The van der Waals surface area contributed by atoms with E-state index in [1.54, 1.807) is 0 Å². The monoisotopic (exact) mass is 238 g/mol. The predicted octanol–water partition coefficient (Wildman–Crippen LogP) is 2.88. The van der Waals surface area contributed by atoms with Gasteiger partial charge in [0.15, 0.2) is 0 Å². The normalized spacial score (nSPS) is 48.5. The minimum atomic E-state index is 0.331. The Kier molecular flexibility index (Phi) is 3.84. The van der Waals surface area contributed by atoms with Crippen molar-refractivity contribution in [3.63, 3.8) is 0 Å². The van der Waals surface area contributed by atoms with E-state index in [1.807, 2.05) is 0 Å². The second kappa shape index (κ2) is 4.89. The minimum absolute atomic E-state index is 0.331. The van der Waals surface area contributed by atoms with Crippen molar-refractivity contribution in [1.82, 2.24) is 10.2 Å². The van der Waals surface area contributed by atoms with Gasteiger partial charge in [-0.25, -0.2) is 0 Å². The molecule has 1 N–H and O–H groups in total. The maximum atomic E-state index is 3.73. The first-order valence-corrected chi connectivity index (χ1v) is 7.47. The van der Waals surface area contributed by atoms with E-state index in [0.29, 0.717) is 11.6 Å². The third-order valence-electron chi connectivity index (χ3n) is 5.55. The molecule has 5 atom stereocenters. The van der Waals surface area contributed by atoms with Gasteiger partial charge in [0, 0.05) is 30.7 Å². The quantitative estimate of drug-likeness (QED) is 0.796. The van der Waals surface area contributed by atoms with Crippen LogP contribution in [0.5, 0.6) is 0 Å². The van der Waals surface area contributed by atoms with Crippen molar-refractivity contribution in [3.05, 3.63) is 0 Å². The Labute approximate surface area is 107 Å². The van der Waals surface area contributed by atoms with Crippen molar-refractivity contribution < 1.29 is 0 Å². The summed E-state index contributed by atoms with van der Waals surface area (Å²) in [6, 6.07) is 1.53. The third-order valence-corrected chi connectivity index (χ3v) is 5.55. The molecule has 1 heterocycles. The maximum Gasteiger partial charge on any atom is 0.0278 e. The highest BCUT2D eigenvalue weighted by molar-refractivity contribution is 4.98. The topological polar surface area (TPSA) is 15.3 Å². The molecule has 2 nitrogen and oxygen atoms in total. The Bertz CT molecular complexity index is 266. The molecule has 1 saturated carbocycles. The molecule has 2 fully saturated rings. The summed E-state index contributed by atoms with van der Waals surface area (Å²) in [6.45, 7) is 14.3. The number of nitrogens with one attached hydrogen (secondary N) is 1. The number of rotatable bonds is 2. The van der Waals surface area contributed by atoms with Gasteiger partial charge in [-0.05, 0) is 44.9 Å². The first-order valence-electron chi connectivity index (χ1n) is 7.47. The van der Waals surface area contributed by atoms with Crippen LogP contribution in [0.1, 0.15) is 53.9 Å². The van der Waals surface area contributed by atoms with E-state index in [0.717, 1.165) is 24.4 Å². The van der Waals surface area contributed by atoms with E-state index in [9.17, 15) is 0 Å². The van der Waals surface area contributed by atoms with Gasteiger partial charge < -0.3 is 5.32 Å².